The molecule has 2 aromatic carbocycles. The standard InChI is InChI=1S/C18H15ClN4O2/c19-14-6-4-12(5-7-14)11-21-18-20-9-8-16(23-18)22-15-3-1-2-13(10-15)17(24)25/h1-10H,11H2,(H,24,25)(H2,20,21,22,23). The quantitative estimate of drug-likeness (QED) is 0.615. The van der Waals surface area contributed by atoms with Crippen molar-refractivity contribution < 1.29 is 9.90 Å². The van der Waals surface area contributed by atoms with Crippen LogP contribution in [0.4, 0.5) is 17.5 Å². The molecule has 0 saturated heterocycles. The minimum absolute atomic E-state index is 0.208. The molecule has 0 bridgehead atoms. The highest BCUT2D eigenvalue weighted by Gasteiger charge is 2.05. The molecular formula is C18H15ClN4O2. The number of aromatic nitrogens is 2. The maximum Gasteiger partial charge on any atom is 0.335 e. The molecule has 0 aliphatic rings. The lowest BCUT2D eigenvalue weighted by atomic mass is 10.2. The second-order valence-corrected chi connectivity index (χ2v) is 5.69. The summed E-state index contributed by atoms with van der Waals surface area (Å²) in [5.41, 5.74) is 1.91. The van der Waals surface area contributed by atoms with Gasteiger partial charge in [-0.15, -0.1) is 0 Å². The molecule has 3 rings (SSSR count). The van der Waals surface area contributed by atoms with Gasteiger partial charge < -0.3 is 15.7 Å². The Morgan fingerprint density at radius 2 is 1.92 bits per heavy atom. The number of carbonyl (C=O) groups is 1. The topological polar surface area (TPSA) is 87.1 Å². The molecule has 0 amide bonds. The molecule has 3 N–H and O–H groups in total. The maximum absolute atomic E-state index is 11.0. The molecule has 0 unspecified atom stereocenters. The fourth-order valence-corrected chi connectivity index (χ4v) is 2.30. The zero-order chi connectivity index (χ0) is 17.6. The lowest BCUT2D eigenvalue weighted by molar-refractivity contribution is 0.0697. The van der Waals surface area contributed by atoms with Crippen molar-refractivity contribution in [3.8, 4) is 0 Å². The average Bonchev–Trinajstić information content (AvgIpc) is 2.62. The van der Waals surface area contributed by atoms with E-state index in [9.17, 15) is 4.79 Å². The summed E-state index contributed by atoms with van der Waals surface area (Å²) >= 11 is 5.87. The monoisotopic (exact) mass is 354 g/mol. The van der Waals surface area contributed by atoms with Crippen LogP contribution in [0.25, 0.3) is 0 Å². The molecule has 0 aliphatic carbocycles. The summed E-state index contributed by atoms with van der Waals surface area (Å²) in [7, 11) is 0. The van der Waals surface area contributed by atoms with E-state index in [1.807, 2.05) is 24.3 Å². The predicted octanol–water partition coefficient (Wildman–Crippen LogP) is 4.18. The highest BCUT2D eigenvalue weighted by atomic mass is 35.5. The molecule has 0 atom stereocenters. The maximum atomic E-state index is 11.0. The van der Waals surface area contributed by atoms with E-state index in [0.717, 1.165) is 5.56 Å². The average molecular weight is 355 g/mol. The first-order valence-electron chi connectivity index (χ1n) is 7.52. The van der Waals surface area contributed by atoms with Crippen LogP contribution in [-0.4, -0.2) is 21.0 Å². The summed E-state index contributed by atoms with van der Waals surface area (Å²) in [6.45, 7) is 0.565. The summed E-state index contributed by atoms with van der Waals surface area (Å²) in [6.07, 6.45) is 1.63. The van der Waals surface area contributed by atoms with Crippen LogP contribution >= 0.6 is 11.6 Å². The van der Waals surface area contributed by atoms with Gasteiger partial charge in [0.25, 0.3) is 0 Å². The Labute approximate surface area is 149 Å². The Morgan fingerprint density at radius 1 is 1.12 bits per heavy atom. The van der Waals surface area contributed by atoms with Gasteiger partial charge in [0, 0.05) is 23.5 Å². The van der Waals surface area contributed by atoms with Crippen LogP contribution < -0.4 is 10.6 Å². The van der Waals surface area contributed by atoms with Gasteiger partial charge in [-0.3, -0.25) is 0 Å². The summed E-state index contributed by atoms with van der Waals surface area (Å²) in [4.78, 5) is 19.6. The Bertz CT molecular complexity index is 884. The number of halogens is 1. The molecule has 25 heavy (non-hydrogen) atoms. The van der Waals surface area contributed by atoms with E-state index in [1.165, 1.54) is 6.07 Å². The van der Waals surface area contributed by atoms with Crippen molar-refractivity contribution in [1.82, 2.24) is 9.97 Å². The Kier molecular flexibility index (Phi) is 5.11. The molecule has 6 nitrogen and oxygen atoms in total. The third-order valence-corrected chi connectivity index (χ3v) is 3.65. The highest BCUT2D eigenvalue weighted by molar-refractivity contribution is 6.30. The highest BCUT2D eigenvalue weighted by Crippen LogP contribution is 2.17. The van der Waals surface area contributed by atoms with Crippen molar-refractivity contribution in [3.63, 3.8) is 0 Å². The second-order valence-electron chi connectivity index (χ2n) is 5.26. The van der Waals surface area contributed by atoms with E-state index in [0.29, 0.717) is 29.0 Å². The first kappa shape index (κ1) is 16.7. The zero-order valence-electron chi connectivity index (χ0n) is 13.1. The smallest absolute Gasteiger partial charge is 0.335 e. The number of nitrogens with zero attached hydrogens (tertiary/aromatic N) is 2. The van der Waals surface area contributed by atoms with Gasteiger partial charge in [0.15, 0.2) is 0 Å². The van der Waals surface area contributed by atoms with Crippen molar-refractivity contribution in [3.05, 3.63) is 76.9 Å². The number of carboxylic acid groups (broad SMARTS) is 1. The van der Waals surface area contributed by atoms with Crippen molar-refractivity contribution in [1.29, 1.82) is 0 Å². The molecule has 3 aromatic rings. The fourth-order valence-electron chi connectivity index (χ4n) is 2.17. The lowest BCUT2D eigenvalue weighted by Gasteiger charge is -2.09. The van der Waals surface area contributed by atoms with Gasteiger partial charge >= 0.3 is 5.97 Å². The van der Waals surface area contributed by atoms with E-state index in [1.54, 1.807) is 30.5 Å². The van der Waals surface area contributed by atoms with Crippen molar-refractivity contribution >= 4 is 35.0 Å². The van der Waals surface area contributed by atoms with Gasteiger partial charge in [0.2, 0.25) is 5.95 Å². The predicted molar refractivity (Wildman–Crippen MR) is 97.5 cm³/mol. The number of rotatable bonds is 6. The molecule has 1 aromatic heterocycles. The number of anilines is 3. The van der Waals surface area contributed by atoms with E-state index >= 15 is 0 Å². The van der Waals surface area contributed by atoms with Crippen LogP contribution in [0.15, 0.2) is 60.8 Å². The second kappa shape index (κ2) is 7.63. The molecule has 7 heteroatoms. The lowest BCUT2D eigenvalue weighted by Crippen LogP contribution is -2.05. The van der Waals surface area contributed by atoms with Crippen LogP contribution in [0, 0.1) is 0 Å². The van der Waals surface area contributed by atoms with Gasteiger partial charge in [-0.2, -0.15) is 4.98 Å². The van der Waals surface area contributed by atoms with E-state index in [-0.39, 0.29) is 5.56 Å². The van der Waals surface area contributed by atoms with Crippen LogP contribution in [-0.2, 0) is 6.54 Å². The SMILES string of the molecule is O=C(O)c1cccc(Nc2ccnc(NCc3ccc(Cl)cc3)n2)c1. The summed E-state index contributed by atoms with van der Waals surface area (Å²) in [5, 5.41) is 15.9. The Balaban J connectivity index is 1.68. The minimum Gasteiger partial charge on any atom is -0.478 e. The number of hydrogen-bond donors (Lipinski definition) is 3. The molecule has 126 valence electrons. The number of hydrogen-bond acceptors (Lipinski definition) is 5. The Morgan fingerprint density at radius 3 is 2.68 bits per heavy atom. The van der Waals surface area contributed by atoms with Gasteiger partial charge in [-0.05, 0) is 42.0 Å². The van der Waals surface area contributed by atoms with Crippen molar-refractivity contribution in [2.75, 3.05) is 10.6 Å². The normalized spacial score (nSPS) is 10.3. The number of benzene rings is 2. The summed E-state index contributed by atoms with van der Waals surface area (Å²) in [6, 6.07) is 15.7. The van der Waals surface area contributed by atoms with E-state index in [2.05, 4.69) is 20.6 Å². The van der Waals surface area contributed by atoms with E-state index in [4.69, 9.17) is 16.7 Å². The van der Waals surface area contributed by atoms with Crippen LogP contribution in [0.3, 0.4) is 0 Å². The van der Waals surface area contributed by atoms with Crippen LogP contribution in [0.2, 0.25) is 5.02 Å². The molecule has 0 aliphatic heterocycles. The largest absolute Gasteiger partial charge is 0.478 e. The third kappa shape index (κ3) is 4.68. The van der Waals surface area contributed by atoms with Gasteiger partial charge in [0.1, 0.15) is 5.82 Å². The first-order chi connectivity index (χ1) is 12.1. The number of aromatic carboxylic acids is 1. The first-order valence-corrected chi connectivity index (χ1v) is 7.90. The molecular weight excluding hydrogens is 340 g/mol. The minimum atomic E-state index is -0.975. The van der Waals surface area contributed by atoms with Crippen LogP contribution in [0.5, 0.6) is 0 Å². The fraction of sp³-hybridized carbons (Fsp3) is 0.0556. The molecule has 0 saturated carbocycles. The summed E-state index contributed by atoms with van der Waals surface area (Å²) in [5.74, 6) is 0.0575. The van der Waals surface area contributed by atoms with Crippen molar-refractivity contribution in [2.24, 2.45) is 0 Å². The van der Waals surface area contributed by atoms with Gasteiger partial charge in [-0.25, -0.2) is 9.78 Å². The molecule has 0 fully saturated rings. The van der Waals surface area contributed by atoms with Gasteiger partial charge in [0.05, 0.1) is 5.56 Å². The number of carboxylic acids is 1. The zero-order valence-corrected chi connectivity index (χ0v) is 13.9. The Hall–Kier alpha value is -3.12. The molecule has 1 heterocycles. The number of nitrogens with one attached hydrogen (secondary N) is 2. The van der Waals surface area contributed by atoms with Gasteiger partial charge in [-0.1, -0.05) is 29.8 Å². The molecule has 0 radical (unpaired) electrons. The molecule has 0 spiro atoms. The van der Waals surface area contributed by atoms with Crippen LogP contribution in [0.1, 0.15) is 15.9 Å². The summed E-state index contributed by atoms with van der Waals surface area (Å²) < 4.78 is 0. The van der Waals surface area contributed by atoms with E-state index < -0.39 is 5.97 Å². The third-order valence-electron chi connectivity index (χ3n) is 3.40. The van der Waals surface area contributed by atoms with Crippen molar-refractivity contribution in [2.45, 2.75) is 6.54 Å².